The molecule has 0 aromatic rings. The first-order valence-electron chi connectivity index (χ1n) is 5.15. The summed E-state index contributed by atoms with van der Waals surface area (Å²) in [5.74, 6) is 1.51. The lowest BCUT2D eigenvalue weighted by Gasteiger charge is -2.29. The largest absolute Gasteiger partial charge is 0.325 e. The van der Waals surface area contributed by atoms with Crippen LogP contribution in [0.1, 0.15) is 32.6 Å². The van der Waals surface area contributed by atoms with Crippen molar-refractivity contribution in [3.05, 3.63) is 0 Å². The zero-order chi connectivity index (χ0) is 9.68. The Kier molecular flexibility index (Phi) is 4.70. The van der Waals surface area contributed by atoms with Crippen LogP contribution >= 0.6 is 0 Å². The Balaban J connectivity index is 2.19. The predicted octanol–water partition coefficient (Wildman–Crippen LogP) is 1.72. The SMILES string of the molecule is COOCC(N)C1CCC(C)CC1. The molecule has 0 spiro atoms. The van der Waals surface area contributed by atoms with Gasteiger partial charge in [0, 0.05) is 6.04 Å². The summed E-state index contributed by atoms with van der Waals surface area (Å²) in [6.45, 7) is 2.84. The van der Waals surface area contributed by atoms with Gasteiger partial charge in [0.2, 0.25) is 0 Å². The van der Waals surface area contributed by atoms with Crippen LogP contribution in [0.15, 0.2) is 0 Å². The van der Waals surface area contributed by atoms with E-state index < -0.39 is 0 Å². The van der Waals surface area contributed by atoms with Crippen molar-refractivity contribution in [2.24, 2.45) is 17.6 Å². The van der Waals surface area contributed by atoms with E-state index in [4.69, 9.17) is 10.6 Å². The Morgan fingerprint density at radius 1 is 1.31 bits per heavy atom. The standard InChI is InChI=1S/C10H21NO2/c1-8-3-5-9(6-4-8)10(11)7-13-12-2/h8-10H,3-7,11H2,1-2H3. The van der Waals surface area contributed by atoms with Gasteiger partial charge in [-0.25, -0.2) is 9.78 Å². The summed E-state index contributed by atoms with van der Waals surface area (Å²) < 4.78 is 0. The van der Waals surface area contributed by atoms with Crippen LogP contribution in [0.5, 0.6) is 0 Å². The number of hydrogen-bond donors (Lipinski definition) is 1. The van der Waals surface area contributed by atoms with E-state index in [-0.39, 0.29) is 6.04 Å². The Labute approximate surface area is 80.5 Å². The second-order valence-corrected chi connectivity index (χ2v) is 4.13. The van der Waals surface area contributed by atoms with E-state index in [9.17, 15) is 0 Å². The Bertz CT molecular complexity index is 133. The van der Waals surface area contributed by atoms with Crippen LogP contribution in [0.2, 0.25) is 0 Å². The van der Waals surface area contributed by atoms with Gasteiger partial charge in [-0.05, 0) is 24.7 Å². The van der Waals surface area contributed by atoms with E-state index in [2.05, 4.69) is 11.8 Å². The predicted molar refractivity (Wildman–Crippen MR) is 52.1 cm³/mol. The minimum Gasteiger partial charge on any atom is -0.325 e. The van der Waals surface area contributed by atoms with Crippen LogP contribution in [0.4, 0.5) is 0 Å². The van der Waals surface area contributed by atoms with Gasteiger partial charge in [0.15, 0.2) is 0 Å². The van der Waals surface area contributed by atoms with Gasteiger partial charge in [-0.3, -0.25) is 0 Å². The summed E-state index contributed by atoms with van der Waals surface area (Å²) in [5.41, 5.74) is 5.97. The molecule has 3 heteroatoms. The maximum atomic E-state index is 5.97. The highest BCUT2D eigenvalue weighted by molar-refractivity contribution is 4.78. The average molecular weight is 187 g/mol. The fourth-order valence-electron chi connectivity index (χ4n) is 2.00. The van der Waals surface area contributed by atoms with Crippen molar-refractivity contribution < 1.29 is 9.78 Å². The first-order chi connectivity index (χ1) is 6.24. The van der Waals surface area contributed by atoms with Crippen molar-refractivity contribution in [1.82, 2.24) is 0 Å². The minimum atomic E-state index is 0.146. The van der Waals surface area contributed by atoms with E-state index in [0.29, 0.717) is 12.5 Å². The van der Waals surface area contributed by atoms with Gasteiger partial charge in [0.1, 0.15) is 0 Å². The van der Waals surface area contributed by atoms with E-state index in [1.807, 2.05) is 0 Å². The summed E-state index contributed by atoms with van der Waals surface area (Å²) >= 11 is 0. The van der Waals surface area contributed by atoms with E-state index >= 15 is 0 Å². The quantitative estimate of drug-likeness (QED) is 0.538. The first kappa shape index (κ1) is 11.0. The van der Waals surface area contributed by atoms with Gasteiger partial charge in [0.25, 0.3) is 0 Å². The average Bonchev–Trinajstić information content (AvgIpc) is 2.15. The van der Waals surface area contributed by atoms with Gasteiger partial charge >= 0.3 is 0 Å². The molecule has 0 bridgehead atoms. The molecule has 0 heterocycles. The molecule has 1 aliphatic rings. The molecule has 1 rings (SSSR count). The lowest BCUT2D eigenvalue weighted by molar-refractivity contribution is -0.276. The summed E-state index contributed by atoms with van der Waals surface area (Å²) in [4.78, 5) is 9.39. The van der Waals surface area contributed by atoms with Crippen LogP contribution in [0.3, 0.4) is 0 Å². The molecule has 0 aliphatic heterocycles. The van der Waals surface area contributed by atoms with Crippen molar-refractivity contribution >= 4 is 0 Å². The molecule has 1 atom stereocenters. The molecule has 1 unspecified atom stereocenters. The van der Waals surface area contributed by atoms with Crippen LogP contribution in [0, 0.1) is 11.8 Å². The third kappa shape index (κ3) is 3.63. The monoisotopic (exact) mass is 187 g/mol. The summed E-state index contributed by atoms with van der Waals surface area (Å²) in [7, 11) is 1.52. The molecule has 0 radical (unpaired) electrons. The minimum absolute atomic E-state index is 0.146. The van der Waals surface area contributed by atoms with Gasteiger partial charge in [-0.2, -0.15) is 0 Å². The normalized spacial score (nSPS) is 31.6. The van der Waals surface area contributed by atoms with Crippen LogP contribution in [-0.4, -0.2) is 19.8 Å². The molecule has 78 valence electrons. The lowest BCUT2D eigenvalue weighted by atomic mass is 9.80. The van der Waals surface area contributed by atoms with Crippen molar-refractivity contribution in [2.75, 3.05) is 13.7 Å². The Morgan fingerprint density at radius 2 is 1.92 bits per heavy atom. The zero-order valence-corrected chi connectivity index (χ0v) is 8.66. The molecule has 1 fully saturated rings. The smallest absolute Gasteiger partial charge is 0.0975 e. The van der Waals surface area contributed by atoms with Crippen molar-refractivity contribution in [1.29, 1.82) is 0 Å². The molecule has 3 nitrogen and oxygen atoms in total. The third-order valence-electron chi connectivity index (χ3n) is 3.04. The molecular formula is C10H21NO2. The van der Waals surface area contributed by atoms with E-state index in [1.54, 1.807) is 0 Å². The first-order valence-corrected chi connectivity index (χ1v) is 5.15. The maximum absolute atomic E-state index is 5.97. The lowest BCUT2D eigenvalue weighted by Crippen LogP contribution is -2.36. The van der Waals surface area contributed by atoms with Crippen molar-refractivity contribution in [3.63, 3.8) is 0 Å². The summed E-state index contributed by atoms with van der Waals surface area (Å²) in [5, 5.41) is 0. The summed E-state index contributed by atoms with van der Waals surface area (Å²) in [6.07, 6.45) is 5.11. The van der Waals surface area contributed by atoms with Gasteiger partial charge in [0.05, 0.1) is 13.7 Å². The molecule has 0 amide bonds. The van der Waals surface area contributed by atoms with Crippen molar-refractivity contribution in [2.45, 2.75) is 38.6 Å². The fraction of sp³-hybridized carbons (Fsp3) is 1.00. The van der Waals surface area contributed by atoms with Crippen LogP contribution < -0.4 is 5.73 Å². The highest BCUT2D eigenvalue weighted by Crippen LogP contribution is 2.29. The fourth-order valence-corrected chi connectivity index (χ4v) is 2.00. The number of nitrogens with two attached hydrogens (primary N) is 1. The number of hydrogen-bond acceptors (Lipinski definition) is 3. The van der Waals surface area contributed by atoms with E-state index in [1.165, 1.54) is 32.8 Å². The van der Waals surface area contributed by atoms with Crippen molar-refractivity contribution in [3.8, 4) is 0 Å². The molecule has 0 aromatic carbocycles. The zero-order valence-electron chi connectivity index (χ0n) is 8.66. The van der Waals surface area contributed by atoms with Gasteiger partial charge in [-0.15, -0.1) is 0 Å². The Hall–Kier alpha value is -0.120. The molecule has 0 saturated heterocycles. The molecule has 2 N–H and O–H groups in total. The number of rotatable bonds is 4. The molecule has 13 heavy (non-hydrogen) atoms. The Morgan fingerprint density at radius 3 is 2.46 bits per heavy atom. The second kappa shape index (κ2) is 5.58. The topological polar surface area (TPSA) is 44.5 Å². The van der Waals surface area contributed by atoms with Gasteiger partial charge in [-0.1, -0.05) is 19.8 Å². The highest BCUT2D eigenvalue weighted by atomic mass is 17.2. The highest BCUT2D eigenvalue weighted by Gasteiger charge is 2.23. The van der Waals surface area contributed by atoms with Gasteiger partial charge < -0.3 is 5.73 Å². The third-order valence-corrected chi connectivity index (χ3v) is 3.04. The molecule has 0 aromatic heterocycles. The second-order valence-electron chi connectivity index (χ2n) is 4.13. The molecule has 1 aliphatic carbocycles. The van der Waals surface area contributed by atoms with Crippen LogP contribution in [-0.2, 0) is 9.78 Å². The molecular weight excluding hydrogens is 166 g/mol. The van der Waals surface area contributed by atoms with Crippen LogP contribution in [0.25, 0.3) is 0 Å². The summed E-state index contributed by atoms with van der Waals surface area (Å²) in [6, 6.07) is 0.146. The molecule has 1 saturated carbocycles. The maximum Gasteiger partial charge on any atom is 0.0975 e. The van der Waals surface area contributed by atoms with E-state index in [0.717, 1.165) is 5.92 Å².